The highest BCUT2D eigenvalue weighted by molar-refractivity contribution is 5.98. The second-order valence-electron chi connectivity index (χ2n) is 7.77. The van der Waals surface area contributed by atoms with Crippen LogP contribution in [0.1, 0.15) is 54.4 Å². The Labute approximate surface area is 170 Å². The molecule has 1 aliphatic heterocycles. The lowest BCUT2D eigenvalue weighted by atomic mass is 9.91. The van der Waals surface area contributed by atoms with Crippen molar-refractivity contribution in [1.29, 1.82) is 0 Å². The first-order valence-corrected chi connectivity index (χ1v) is 10.3. The quantitative estimate of drug-likeness (QED) is 0.612. The van der Waals surface area contributed by atoms with E-state index in [-0.39, 0.29) is 17.6 Å². The van der Waals surface area contributed by atoms with Gasteiger partial charge in [-0.05, 0) is 43.7 Å². The zero-order valence-electron chi connectivity index (χ0n) is 16.5. The minimum Gasteiger partial charge on any atom is -0.493 e. The van der Waals surface area contributed by atoms with Gasteiger partial charge in [-0.15, -0.1) is 0 Å². The van der Waals surface area contributed by atoms with E-state index in [4.69, 9.17) is 16.2 Å². The molecule has 0 radical (unpaired) electrons. The number of hydrogen-bond acceptors (Lipinski definition) is 7. The summed E-state index contributed by atoms with van der Waals surface area (Å²) in [6.07, 6.45) is 8.87. The number of carbonyl (C=O) groups is 1. The lowest BCUT2D eigenvalue weighted by Crippen LogP contribution is -2.43. The summed E-state index contributed by atoms with van der Waals surface area (Å²) in [4.78, 5) is 20.7. The number of carbonyl (C=O) groups excluding carboxylic acids is 1. The molecule has 8 heteroatoms. The highest BCUT2D eigenvalue weighted by Crippen LogP contribution is 2.30. The molecule has 2 aliphatic rings. The Kier molecular flexibility index (Phi) is 5.80. The first kappa shape index (κ1) is 19.4. The van der Waals surface area contributed by atoms with Crippen LogP contribution in [0.2, 0.25) is 0 Å². The van der Waals surface area contributed by atoms with Crippen LogP contribution < -0.4 is 26.8 Å². The maximum atomic E-state index is 11.9. The van der Waals surface area contributed by atoms with Crippen molar-refractivity contribution in [3.63, 3.8) is 0 Å². The van der Waals surface area contributed by atoms with E-state index in [1.54, 1.807) is 0 Å². The van der Waals surface area contributed by atoms with Crippen LogP contribution in [0.15, 0.2) is 24.4 Å². The molecule has 1 aromatic carbocycles. The number of ether oxygens (including phenoxy) is 1. The van der Waals surface area contributed by atoms with Crippen LogP contribution in [-0.2, 0) is 6.42 Å². The highest BCUT2D eigenvalue weighted by atomic mass is 16.5. The zero-order valence-corrected chi connectivity index (χ0v) is 16.5. The van der Waals surface area contributed by atoms with E-state index in [0.29, 0.717) is 18.4 Å². The number of fused-ring (bicyclic) bond motifs is 1. The number of rotatable bonds is 5. The van der Waals surface area contributed by atoms with Crippen LogP contribution in [0.3, 0.4) is 0 Å². The molecule has 4 rings (SSSR count). The van der Waals surface area contributed by atoms with Gasteiger partial charge in [0.1, 0.15) is 17.1 Å². The molecular weight excluding hydrogens is 368 g/mol. The first-order chi connectivity index (χ1) is 14.1. The smallest absolute Gasteiger partial charge is 0.254 e. The number of aromatic nitrogens is 2. The molecule has 2 atom stereocenters. The van der Waals surface area contributed by atoms with Gasteiger partial charge in [0.25, 0.3) is 5.91 Å². The highest BCUT2D eigenvalue weighted by Gasteiger charge is 2.23. The van der Waals surface area contributed by atoms with Gasteiger partial charge in [0.15, 0.2) is 0 Å². The number of amides is 1. The maximum absolute atomic E-state index is 11.9. The van der Waals surface area contributed by atoms with E-state index in [1.165, 1.54) is 11.8 Å². The van der Waals surface area contributed by atoms with Gasteiger partial charge >= 0.3 is 0 Å². The molecule has 6 N–H and O–H groups in total. The van der Waals surface area contributed by atoms with Crippen molar-refractivity contribution in [2.75, 3.05) is 17.2 Å². The summed E-state index contributed by atoms with van der Waals surface area (Å²) < 4.78 is 5.85. The van der Waals surface area contributed by atoms with Gasteiger partial charge < -0.3 is 26.8 Å². The standard InChI is InChI=1S/C21H28N6O2/c22-16-6-1-2-7-17(16)26-21-24-12-15(19(23)28)20(27-21)25-14-9-8-13-5-3-4-10-29-18(13)11-14/h8-9,11-12,16-17H,1-7,10,22H2,(H2,23,28)(H2,24,25,26,27)/t16-,17+/m0/s1. The Bertz CT molecular complexity index is 887. The maximum Gasteiger partial charge on any atom is 0.254 e. The van der Waals surface area contributed by atoms with Crippen molar-refractivity contribution in [2.45, 2.75) is 57.0 Å². The fraction of sp³-hybridized carbons (Fsp3) is 0.476. The van der Waals surface area contributed by atoms with Crippen LogP contribution in [0.4, 0.5) is 17.5 Å². The monoisotopic (exact) mass is 396 g/mol. The number of benzene rings is 1. The molecule has 0 saturated heterocycles. The number of anilines is 3. The second-order valence-corrected chi connectivity index (χ2v) is 7.77. The number of primary amides is 1. The summed E-state index contributed by atoms with van der Waals surface area (Å²) in [6, 6.07) is 6.15. The van der Waals surface area contributed by atoms with Gasteiger partial charge in [-0.25, -0.2) is 4.98 Å². The summed E-state index contributed by atoms with van der Waals surface area (Å²) in [6.45, 7) is 0.714. The van der Waals surface area contributed by atoms with E-state index >= 15 is 0 Å². The SMILES string of the molecule is NC(=O)c1cnc(N[C@@H]2CCCC[C@@H]2N)nc1Nc1ccc2c(c1)OCCCC2. The molecule has 2 heterocycles. The molecule has 29 heavy (non-hydrogen) atoms. The van der Waals surface area contributed by atoms with Crippen molar-refractivity contribution < 1.29 is 9.53 Å². The molecule has 0 bridgehead atoms. The van der Waals surface area contributed by atoms with E-state index < -0.39 is 5.91 Å². The minimum absolute atomic E-state index is 0.0707. The number of nitrogens with zero attached hydrogens (tertiary/aromatic N) is 2. The van der Waals surface area contributed by atoms with Crippen LogP contribution in [-0.4, -0.2) is 34.6 Å². The molecule has 0 unspecified atom stereocenters. The van der Waals surface area contributed by atoms with E-state index in [1.807, 2.05) is 18.2 Å². The van der Waals surface area contributed by atoms with Crippen LogP contribution in [0.25, 0.3) is 0 Å². The van der Waals surface area contributed by atoms with Gasteiger partial charge in [0, 0.05) is 30.0 Å². The Morgan fingerprint density at radius 1 is 1.17 bits per heavy atom. The van der Waals surface area contributed by atoms with Crippen molar-refractivity contribution in [1.82, 2.24) is 9.97 Å². The average molecular weight is 396 g/mol. The van der Waals surface area contributed by atoms with Crippen LogP contribution in [0, 0.1) is 0 Å². The van der Waals surface area contributed by atoms with E-state index in [9.17, 15) is 4.79 Å². The molecule has 1 aromatic heterocycles. The number of hydrogen-bond donors (Lipinski definition) is 4. The Morgan fingerprint density at radius 3 is 2.86 bits per heavy atom. The van der Waals surface area contributed by atoms with Crippen molar-refractivity contribution in [3.8, 4) is 5.75 Å². The largest absolute Gasteiger partial charge is 0.493 e. The lowest BCUT2D eigenvalue weighted by molar-refractivity contribution is 0.100. The van der Waals surface area contributed by atoms with Gasteiger partial charge in [-0.2, -0.15) is 4.98 Å². The molecule has 1 amide bonds. The molecule has 0 spiro atoms. The number of nitrogens with two attached hydrogens (primary N) is 2. The number of nitrogens with one attached hydrogen (secondary N) is 2. The normalized spacial score (nSPS) is 21.4. The minimum atomic E-state index is -0.584. The van der Waals surface area contributed by atoms with Gasteiger partial charge in [0.05, 0.1) is 6.61 Å². The number of aryl methyl sites for hydroxylation is 1. The average Bonchev–Trinajstić information content (AvgIpc) is 2.95. The fourth-order valence-electron chi connectivity index (χ4n) is 3.94. The van der Waals surface area contributed by atoms with Crippen molar-refractivity contribution in [3.05, 3.63) is 35.5 Å². The Hall–Kier alpha value is -2.87. The molecule has 1 aliphatic carbocycles. The third-order valence-corrected chi connectivity index (χ3v) is 5.62. The van der Waals surface area contributed by atoms with Crippen molar-refractivity contribution >= 4 is 23.4 Å². The third kappa shape index (κ3) is 4.59. The van der Waals surface area contributed by atoms with E-state index in [2.05, 4.69) is 20.6 Å². The van der Waals surface area contributed by atoms with Gasteiger partial charge in [-0.1, -0.05) is 18.9 Å². The molecule has 8 nitrogen and oxygen atoms in total. The summed E-state index contributed by atoms with van der Waals surface area (Å²) in [7, 11) is 0. The predicted molar refractivity (Wildman–Crippen MR) is 113 cm³/mol. The predicted octanol–water partition coefficient (Wildman–Crippen LogP) is 2.72. The molecular formula is C21H28N6O2. The molecule has 154 valence electrons. The molecule has 2 aromatic rings. The third-order valence-electron chi connectivity index (χ3n) is 5.62. The zero-order chi connectivity index (χ0) is 20.2. The summed E-state index contributed by atoms with van der Waals surface area (Å²) in [5.41, 5.74) is 14.0. The first-order valence-electron chi connectivity index (χ1n) is 10.3. The van der Waals surface area contributed by atoms with Crippen molar-refractivity contribution in [2.24, 2.45) is 11.5 Å². The Morgan fingerprint density at radius 2 is 2.03 bits per heavy atom. The van der Waals surface area contributed by atoms with Crippen LogP contribution in [0.5, 0.6) is 5.75 Å². The molecule has 1 fully saturated rings. The topological polar surface area (TPSA) is 128 Å². The van der Waals surface area contributed by atoms with E-state index in [0.717, 1.165) is 56.4 Å². The lowest BCUT2D eigenvalue weighted by Gasteiger charge is -2.29. The van der Waals surface area contributed by atoms with Gasteiger partial charge in [-0.3, -0.25) is 4.79 Å². The van der Waals surface area contributed by atoms with Gasteiger partial charge in [0.2, 0.25) is 5.95 Å². The fourth-order valence-corrected chi connectivity index (χ4v) is 3.94. The Balaban J connectivity index is 1.58. The summed E-state index contributed by atoms with van der Waals surface area (Å²) in [5, 5.41) is 6.53. The summed E-state index contributed by atoms with van der Waals surface area (Å²) >= 11 is 0. The second kappa shape index (κ2) is 8.65. The molecule has 1 saturated carbocycles. The summed E-state index contributed by atoms with van der Waals surface area (Å²) in [5.74, 6) is 1.09. The van der Waals surface area contributed by atoms with Crippen LogP contribution >= 0.6 is 0 Å².